The third-order valence-electron chi connectivity index (χ3n) is 4.42. The molecule has 0 saturated carbocycles. The van der Waals surface area contributed by atoms with Crippen molar-refractivity contribution >= 4 is 26.6 Å². The summed E-state index contributed by atoms with van der Waals surface area (Å²) in [5.41, 5.74) is 2.63. The molecule has 0 radical (unpaired) electrons. The van der Waals surface area contributed by atoms with Gasteiger partial charge >= 0.3 is 0 Å². The van der Waals surface area contributed by atoms with E-state index >= 15 is 0 Å². The van der Waals surface area contributed by atoms with E-state index in [1.807, 2.05) is 23.8 Å². The molecule has 0 unspecified atom stereocenters. The van der Waals surface area contributed by atoms with Gasteiger partial charge in [0, 0.05) is 24.3 Å². The van der Waals surface area contributed by atoms with Crippen molar-refractivity contribution in [1.29, 1.82) is 5.26 Å². The number of methoxy groups -OCH3 is 1. The van der Waals surface area contributed by atoms with Crippen LogP contribution in [-0.4, -0.2) is 33.0 Å². The highest BCUT2D eigenvalue weighted by atomic mass is 32.2. The zero-order valence-electron chi connectivity index (χ0n) is 15.7. The summed E-state index contributed by atoms with van der Waals surface area (Å²) in [6, 6.07) is 11.5. The smallest absolute Gasteiger partial charge is 0.229 e. The minimum Gasteiger partial charge on any atom is -0.383 e. The second-order valence-electron chi connectivity index (χ2n) is 6.67. The summed E-state index contributed by atoms with van der Waals surface area (Å²) >= 11 is 0. The Morgan fingerprint density at radius 1 is 1.29 bits per heavy atom. The molecule has 0 saturated heterocycles. The number of hydrogen-bond donors (Lipinski definition) is 1. The minimum atomic E-state index is -3.41. The van der Waals surface area contributed by atoms with Crippen molar-refractivity contribution in [1.82, 2.24) is 4.57 Å². The Morgan fingerprint density at radius 2 is 2.04 bits per heavy atom. The fourth-order valence-corrected chi connectivity index (χ4v) is 3.77. The fraction of sp³-hybridized carbons (Fsp3) is 0.250. The lowest BCUT2D eigenvalue weighted by molar-refractivity contribution is 0.164. The number of anilines is 1. The van der Waals surface area contributed by atoms with E-state index in [1.165, 1.54) is 12.1 Å². The van der Waals surface area contributed by atoms with Gasteiger partial charge in [-0.25, -0.2) is 12.8 Å². The third-order valence-corrected chi connectivity index (χ3v) is 5.03. The Morgan fingerprint density at radius 3 is 2.64 bits per heavy atom. The largest absolute Gasteiger partial charge is 0.383 e. The molecule has 0 fully saturated rings. The number of rotatable bonds is 6. The van der Waals surface area contributed by atoms with E-state index in [0.717, 1.165) is 22.7 Å². The van der Waals surface area contributed by atoms with E-state index in [-0.39, 0.29) is 11.6 Å². The van der Waals surface area contributed by atoms with Crippen LogP contribution in [0.4, 0.5) is 10.1 Å². The molecule has 0 aliphatic carbocycles. The van der Waals surface area contributed by atoms with E-state index in [9.17, 15) is 12.8 Å². The van der Waals surface area contributed by atoms with E-state index in [4.69, 9.17) is 10.00 Å². The maximum absolute atomic E-state index is 14.1. The molecule has 3 aromatic rings. The summed E-state index contributed by atoms with van der Waals surface area (Å²) in [4.78, 5) is 0. The highest BCUT2D eigenvalue weighted by Crippen LogP contribution is 2.35. The first-order valence-corrected chi connectivity index (χ1v) is 10.4. The number of nitrogens with zero attached hydrogens (tertiary/aromatic N) is 2. The number of fused-ring (bicyclic) bond motifs is 1. The summed E-state index contributed by atoms with van der Waals surface area (Å²) in [7, 11) is -1.81. The van der Waals surface area contributed by atoms with Gasteiger partial charge in [0.15, 0.2) is 0 Å². The molecule has 1 N–H and O–H groups in total. The Balaban J connectivity index is 2.21. The molecule has 1 aromatic heterocycles. The van der Waals surface area contributed by atoms with E-state index in [1.54, 1.807) is 31.4 Å². The number of nitriles is 1. The van der Waals surface area contributed by atoms with Crippen LogP contribution in [0.5, 0.6) is 0 Å². The van der Waals surface area contributed by atoms with Crippen LogP contribution in [0, 0.1) is 17.1 Å². The van der Waals surface area contributed by atoms with Gasteiger partial charge in [0.25, 0.3) is 0 Å². The second-order valence-corrected chi connectivity index (χ2v) is 8.42. The average Bonchev–Trinajstić information content (AvgIpc) is 2.99. The van der Waals surface area contributed by atoms with Gasteiger partial charge < -0.3 is 9.30 Å². The predicted octanol–water partition coefficient (Wildman–Crippen LogP) is 3.90. The first-order chi connectivity index (χ1) is 13.2. The van der Waals surface area contributed by atoms with Gasteiger partial charge in [-0.1, -0.05) is 12.1 Å². The molecule has 0 bridgehead atoms. The zero-order valence-corrected chi connectivity index (χ0v) is 16.5. The molecule has 1 atom stereocenters. The van der Waals surface area contributed by atoms with Gasteiger partial charge in [0.2, 0.25) is 10.0 Å². The van der Waals surface area contributed by atoms with Gasteiger partial charge in [-0.15, -0.1) is 0 Å². The van der Waals surface area contributed by atoms with Gasteiger partial charge in [-0.3, -0.25) is 4.72 Å². The van der Waals surface area contributed by atoms with Crippen molar-refractivity contribution in [2.24, 2.45) is 0 Å². The summed E-state index contributed by atoms with van der Waals surface area (Å²) in [5.74, 6) is -0.582. The predicted molar refractivity (Wildman–Crippen MR) is 107 cm³/mol. The monoisotopic (exact) mass is 401 g/mol. The van der Waals surface area contributed by atoms with Crippen molar-refractivity contribution in [3.63, 3.8) is 0 Å². The number of halogens is 1. The van der Waals surface area contributed by atoms with Crippen LogP contribution in [0.15, 0.2) is 42.6 Å². The van der Waals surface area contributed by atoms with Crippen molar-refractivity contribution in [2.45, 2.75) is 13.0 Å². The van der Waals surface area contributed by atoms with Crippen molar-refractivity contribution < 1.29 is 17.5 Å². The molecule has 0 aliphatic rings. The molecule has 3 rings (SSSR count). The Kier molecular flexibility index (Phi) is 5.40. The lowest BCUT2D eigenvalue weighted by atomic mass is 10.0. The standard InChI is InChI=1S/C20H20FN3O3S/c1-13(12-27-2)24-11-18(14-4-5-15(10-22)19(21)8-14)17-7-6-16(9-20(17)24)23-28(3,25)26/h4-9,11,13,23H,12H2,1-3H3/t13-/m0/s1. The maximum atomic E-state index is 14.1. The van der Waals surface area contributed by atoms with Crippen molar-refractivity contribution in [3.05, 3.63) is 54.0 Å². The SMILES string of the molecule is COC[C@H](C)n1cc(-c2ccc(C#N)c(F)c2)c2ccc(NS(C)(=O)=O)cc21. The van der Waals surface area contributed by atoms with Gasteiger partial charge in [-0.2, -0.15) is 5.26 Å². The van der Waals surface area contributed by atoms with Crippen LogP contribution in [0.25, 0.3) is 22.0 Å². The number of aromatic nitrogens is 1. The van der Waals surface area contributed by atoms with Crippen molar-refractivity contribution in [3.8, 4) is 17.2 Å². The highest BCUT2D eigenvalue weighted by Gasteiger charge is 2.16. The van der Waals surface area contributed by atoms with E-state index in [0.29, 0.717) is 17.9 Å². The minimum absolute atomic E-state index is 0.0140. The van der Waals surface area contributed by atoms with Crippen LogP contribution < -0.4 is 4.72 Å². The Labute approximate surface area is 163 Å². The summed E-state index contributed by atoms with van der Waals surface area (Å²) in [6.45, 7) is 2.43. The number of nitrogens with one attached hydrogen (secondary N) is 1. The van der Waals surface area contributed by atoms with E-state index in [2.05, 4.69) is 4.72 Å². The molecule has 28 heavy (non-hydrogen) atoms. The van der Waals surface area contributed by atoms with Crippen LogP contribution in [-0.2, 0) is 14.8 Å². The maximum Gasteiger partial charge on any atom is 0.229 e. The van der Waals surface area contributed by atoms with Gasteiger partial charge in [0.1, 0.15) is 11.9 Å². The van der Waals surface area contributed by atoms with Crippen LogP contribution in [0.3, 0.4) is 0 Å². The van der Waals surface area contributed by atoms with Gasteiger partial charge in [-0.05, 0) is 36.8 Å². The highest BCUT2D eigenvalue weighted by molar-refractivity contribution is 7.92. The molecule has 0 aliphatic heterocycles. The molecule has 146 valence electrons. The van der Waals surface area contributed by atoms with Crippen LogP contribution in [0.1, 0.15) is 18.5 Å². The number of sulfonamides is 1. The van der Waals surface area contributed by atoms with Crippen LogP contribution in [0.2, 0.25) is 0 Å². The molecule has 0 spiro atoms. The van der Waals surface area contributed by atoms with Crippen molar-refractivity contribution in [2.75, 3.05) is 24.7 Å². The van der Waals surface area contributed by atoms with E-state index < -0.39 is 15.8 Å². The average molecular weight is 401 g/mol. The van der Waals surface area contributed by atoms with Crippen LogP contribution >= 0.6 is 0 Å². The topological polar surface area (TPSA) is 84.1 Å². The fourth-order valence-electron chi connectivity index (χ4n) is 3.22. The normalized spacial score (nSPS) is 12.7. The number of ether oxygens (including phenoxy) is 1. The molecular weight excluding hydrogens is 381 g/mol. The first-order valence-electron chi connectivity index (χ1n) is 8.55. The quantitative estimate of drug-likeness (QED) is 0.679. The lowest BCUT2D eigenvalue weighted by Gasteiger charge is -2.14. The first kappa shape index (κ1) is 19.9. The summed E-state index contributed by atoms with van der Waals surface area (Å²) in [5, 5.41) is 9.79. The summed E-state index contributed by atoms with van der Waals surface area (Å²) < 4.78 is 47.0. The molecule has 2 aromatic carbocycles. The summed E-state index contributed by atoms with van der Waals surface area (Å²) in [6.07, 6.45) is 2.98. The lowest BCUT2D eigenvalue weighted by Crippen LogP contribution is -2.11. The molecule has 0 amide bonds. The number of benzene rings is 2. The molecule has 1 heterocycles. The Bertz CT molecular complexity index is 1180. The molecule has 8 heteroatoms. The third kappa shape index (κ3) is 4.01. The van der Waals surface area contributed by atoms with Gasteiger partial charge in [0.05, 0.1) is 35.7 Å². The Hall–Kier alpha value is -2.89. The zero-order chi connectivity index (χ0) is 20.5. The molecular formula is C20H20FN3O3S. The number of hydrogen-bond acceptors (Lipinski definition) is 4. The molecule has 6 nitrogen and oxygen atoms in total. The second kappa shape index (κ2) is 7.62.